The van der Waals surface area contributed by atoms with Gasteiger partial charge in [0.05, 0.1) is 17.9 Å². The number of hydrogen-bond donors (Lipinski definition) is 1. The molecule has 0 radical (unpaired) electrons. The highest BCUT2D eigenvalue weighted by Gasteiger charge is 2.27. The van der Waals surface area contributed by atoms with Gasteiger partial charge < -0.3 is 10.0 Å². The Morgan fingerprint density at radius 2 is 2.38 bits per heavy atom. The van der Waals surface area contributed by atoms with Crippen LogP contribution in [0.15, 0.2) is 12.3 Å². The van der Waals surface area contributed by atoms with Crippen molar-refractivity contribution in [2.75, 3.05) is 18.0 Å². The van der Waals surface area contributed by atoms with Crippen LogP contribution < -0.4 is 4.90 Å². The van der Waals surface area contributed by atoms with Crippen molar-refractivity contribution >= 4 is 5.82 Å². The summed E-state index contributed by atoms with van der Waals surface area (Å²) < 4.78 is 0. The molecule has 1 aliphatic heterocycles. The van der Waals surface area contributed by atoms with Gasteiger partial charge in [-0.05, 0) is 6.07 Å². The number of β-amino-alcohol motifs (C(OH)–C–C–N with tert-alkyl or cyclic N) is 1. The van der Waals surface area contributed by atoms with Gasteiger partial charge in [-0.25, -0.2) is 0 Å². The molecule has 2 heterocycles. The van der Waals surface area contributed by atoms with Gasteiger partial charge in [-0.15, -0.1) is 5.10 Å². The molecule has 0 aliphatic carbocycles. The van der Waals surface area contributed by atoms with Gasteiger partial charge in [0, 0.05) is 13.1 Å². The lowest BCUT2D eigenvalue weighted by molar-refractivity contribution is 0.141. The number of nitriles is 1. The van der Waals surface area contributed by atoms with E-state index in [1.54, 1.807) is 6.07 Å². The van der Waals surface area contributed by atoms with E-state index in [1.807, 2.05) is 11.0 Å². The first-order chi connectivity index (χ1) is 6.31. The van der Waals surface area contributed by atoms with Crippen molar-refractivity contribution in [2.24, 2.45) is 0 Å². The third kappa shape index (κ3) is 1.32. The Morgan fingerprint density at radius 1 is 1.62 bits per heavy atom. The summed E-state index contributed by atoms with van der Waals surface area (Å²) in [5, 5.41) is 25.4. The van der Waals surface area contributed by atoms with Crippen LogP contribution in [-0.4, -0.2) is 34.5 Å². The van der Waals surface area contributed by atoms with Gasteiger partial charge in [0.15, 0.2) is 5.82 Å². The maximum absolute atomic E-state index is 9.07. The average molecular weight is 176 g/mol. The van der Waals surface area contributed by atoms with E-state index in [0.29, 0.717) is 24.5 Å². The van der Waals surface area contributed by atoms with Crippen LogP contribution in [0.3, 0.4) is 0 Å². The van der Waals surface area contributed by atoms with Crippen LogP contribution in [0.5, 0.6) is 0 Å². The van der Waals surface area contributed by atoms with Gasteiger partial charge in [-0.3, -0.25) is 0 Å². The summed E-state index contributed by atoms with van der Waals surface area (Å²) in [5.74, 6) is 0.565. The fourth-order valence-electron chi connectivity index (χ4n) is 1.27. The topological polar surface area (TPSA) is 73.0 Å². The Hall–Kier alpha value is -1.67. The lowest BCUT2D eigenvalue weighted by atomic mass is 10.1. The number of hydrogen-bond acceptors (Lipinski definition) is 5. The molecule has 1 fully saturated rings. The molecule has 0 saturated carbocycles. The summed E-state index contributed by atoms with van der Waals surface area (Å²) in [6.07, 6.45) is 1.19. The van der Waals surface area contributed by atoms with E-state index in [9.17, 15) is 0 Å². The van der Waals surface area contributed by atoms with Crippen molar-refractivity contribution in [3.8, 4) is 6.07 Å². The van der Waals surface area contributed by atoms with E-state index in [4.69, 9.17) is 10.4 Å². The molecular weight excluding hydrogens is 168 g/mol. The molecule has 2 rings (SSSR count). The predicted molar refractivity (Wildman–Crippen MR) is 45.0 cm³/mol. The van der Waals surface area contributed by atoms with Crippen molar-refractivity contribution in [3.05, 3.63) is 17.8 Å². The van der Waals surface area contributed by atoms with Gasteiger partial charge >= 0.3 is 0 Å². The second-order valence-electron chi connectivity index (χ2n) is 2.94. The maximum atomic E-state index is 9.07. The smallest absolute Gasteiger partial charge is 0.169 e. The molecule has 0 spiro atoms. The van der Waals surface area contributed by atoms with Crippen molar-refractivity contribution < 1.29 is 5.11 Å². The van der Waals surface area contributed by atoms with E-state index in [2.05, 4.69) is 10.2 Å². The van der Waals surface area contributed by atoms with Crippen molar-refractivity contribution in [2.45, 2.75) is 6.10 Å². The van der Waals surface area contributed by atoms with Crippen LogP contribution in [0, 0.1) is 11.3 Å². The second kappa shape index (κ2) is 2.99. The van der Waals surface area contributed by atoms with Crippen LogP contribution in [0.4, 0.5) is 5.82 Å². The molecule has 0 amide bonds. The van der Waals surface area contributed by atoms with E-state index < -0.39 is 0 Å². The third-order valence-corrected chi connectivity index (χ3v) is 1.98. The molecule has 1 saturated heterocycles. The molecule has 0 aromatic carbocycles. The number of aliphatic hydroxyl groups excluding tert-OH is 1. The van der Waals surface area contributed by atoms with Crippen molar-refractivity contribution in [1.82, 2.24) is 10.2 Å². The van der Waals surface area contributed by atoms with Crippen molar-refractivity contribution in [1.29, 1.82) is 5.26 Å². The number of rotatable bonds is 1. The van der Waals surface area contributed by atoms with E-state index in [-0.39, 0.29) is 6.10 Å². The molecule has 1 N–H and O–H groups in total. The zero-order valence-electron chi connectivity index (χ0n) is 6.88. The standard InChI is InChI=1S/C8H8N4O/c9-3-6-1-2-10-11-8(6)12-4-7(13)5-12/h1-2,7,13H,4-5H2. The minimum Gasteiger partial charge on any atom is -0.389 e. The predicted octanol–water partition coefficient (Wildman–Crippen LogP) is -0.471. The Kier molecular flexibility index (Phi) is 1.83. The normalized spacial score (nSPS) is 16.5. The summed E-state index contributed by atoms with van der Waals surface area (Å²) in [7, 11) is 0. The molecule has 0 atom stereocenters. The zero-order chi connectivity index (χ0) is 9.26. The van der Waals surface area contributed by atoms with Crippen LogP contribution in [0.1, 0.15) is 5.56 Å². The van der Waals surface area contributed by atoms with Gasteiger partial charge in [0.1, 0.15) is 6.07 Å². The summed E-state index contributed by atoms with van der Waals surface area (Å²) >= 11 is 0. The fraction of sp³-hybridized carbons (Fsp3) is 0.375. The second-order valence-corrected chi connectivity index (χ2v) is 2.94. The number of aliphatic hydroxyl groups is 1. The Balaban J connectivity index is 2.26. The molecule has 0 bridgehead atoms. The first-order valence-corrected chi connectivity index (χ1v) is 3.96. The van der Waals surface area contributed by atoms with Crippen LogP contribution >= 0.6 is 0 Å². The Labute approximate surface area is 75.2 Å². The highest BCUT2D eigenvalue weighted by Crippen LogP contribution is 2.20. The zero-order valence-corrected chi connectivity index (χ0v) is 6.88. The first-order valence-electron chi connectivity index (χ1n) is 3.96. The van der Waals surface area contributed by atoms with Crippen molar-refractivity contribution in [3.63, 3.8) is 0 Å². The maximum Gasteiger partial charge on any atom is 0.169 e. The summed E-state index contributed by atoms with van der Waals surface area (Å²) in [5.41, 5.74) is 0.502. The molecule has 1 aromatic rings. The van der Waals surface area contributed by atoms with Crippen LogP contribution in [0.25, 0.3) is 0 Å². The van der Waals surface area contributed by atoms with Gasteiger partial charge in [-0.2, -0.15) is 10.4 Å². The first kappa shape index (κ1) is 7.95. The fourth-order valence-corrected chi connectivity index (χ4v) is 1.27. The number of aromatic nitrogens is 2. The van der Waals surface area contributed by atoms with Gasteiger partial charge in [-0.1, -0.05) is 0 Å². The van der Waals surface area contributed by atoms with Crippen LogP contribution in [0.2, 0.25) is 0 Å². The van der Waals surface area contributed by atoms with Gasteiger partial charge in [0.25, 0.3) is 0 Å². The SMILES string of the molecule is N#Cc1ccnnc1N1CC(O)C1. The largest absolute Gasteiger partial charge is 0.389 e. The third-order valence-electron chi connectivity index (χ3n) is 1.98. The molecule has 0 unspecified atom stereocenters. The highest BCUT2D eigenvalue weighted by atomic mass is 16.3. The van der Waals surface area contributed by atoms with E-state index in [1.165, 1.54) is 6.20 Å². The molecule has 1 aliphatic rings. The van der Waals surface area contributed by atoms with E-state index in [0.717, 1.165) is 0 Å². The average Bonchev–Trinajstić information content (AvgIpc) is 2.13. The monoisotopic (exact) mass is 176 g/mol. The molecule has 5 heteroatoms. The quantitative estimate of drug-likeness (QED) is 0.626. The Morgan fingerprint density at radius 3 is 3.00 bits per heavy atom. The molecule has 13 heavy (non-hydrogen) atoms. The van der Waals surface area contributed by atoms with E-state index >= 15 is 0 Å². The highest BCUT2D eigenvalue weighted by molar-refractivity contribution is 5.54. The number of anilines is 1. The summed E-state index contributed by atoms with van der Waals surface area (Å²) in [6, 6.07) is 3.65. The summed E-state index contributed by atoms with van der Waals surface area (Å²) in [4.78, 5) is 1.83. The van der Waals surface area contributed by atoms with Crippen LogP contribution in [-0.2, 0) is 0 Å². The molecule has 5 nitrogen and oxygen atoms in total. The lowest BCUT2D eigenvalue weighted by Gasteiger charge is -2.36. The number of nitrogens with zero attached hydrogens (tertiary/aromatic N) is 4. The summed E-state index contributed by atoms with van der Waals surface area (Å²) in [6.45, 7) is 1.07. The molecule has 1 aromatic heterocycles. The van der Waals surface area contributed by atoms with Gasteiger partial charge in [0.2, 0.25) is 0 Å². The minimum atomic E-state index is -0.298. The molecular formula is C8H8N4O. The minimum absolute atomic E-state index is 0.298. The molecule has 66 valence electrons. The Bertz CT molecular complexity index is 353. The lowest BCUT2D eigenvalue weighted by Crippen LogP contribution is -2.51.